The summed E-state index contributed by atoms with van der Waals surface area (Å²) in [5.41, 5.74) is -0.759. The number of ether oxygens (including phenoxy) is 1. The molecule has 0 bridgehead atoms. The van der Waals surface area contributed by atoms with Crippen molar-refractivity contribution in [3.63, 3.8) is 0 Å². The van der Waals surface area contributed by atoms with Gasteiger partial charge in [0.1, 0.15) is 0 Å². The van der Waals surface area contributed by atoms with E-state index in [1.807, 2.05) is 6.92 Å². The third-order valence-electron chi connectivity index (χ3n) is 0.703. The Bertz CT molecular complexity index is 108. The number of rotatable bonds is 4. The van der Waals surface area contributed by atoms with Crippen LogP contribution in [-0.2, 0) is 9.53 Å². The summed E-state index contributed by atoms with van der Waals surface area (Å²) in [5.74, 6) is 0.377. The second-order valence-electron chi connectivity index (χ2n) is 1.51. The van der Waals surface area contributed by atoms with E-state index in [1.54, 1.807) is 0 Å². The van der Waals surface area contributed by atoms with Crippen LogP contribution in [0.1, 0.15) is 14.7 Å². The molecule has 0 aromatic heterocycles. The Balaban J connectivity index is 3.41. The minimum Gasteiger partial charge on any atom is -0.468 e. The normalized spacial score (nSPS) is 14.2. The van der Waals surface area contributed by atoms with Crippen molar-refractivity contribution in [3.05, 3.63) is 0 Å². The lowest BCUT2D eigenvalue weighted by Crippen LogP contribution is -2.03. The van der Waals surface area contributed by atoms with Crippen molar-refractivity contribution < 1.29 is 10.9 Å². The smallest absolute Gasteiger partial charge is 0.315 e. The van der Waals surface area contributed by atoms with Crippen molar-refractivity contribution in [2.45, 2.75) is 13.3 Å². The fraction of sp³-hybridized carbons (Fsp3) is 0.833. The van der Waals surface area contributed by atoms with Crippen LogP contribution in [0.15, 0.2) is 0 Å². The van der Waals surface area contributed by atoms with Crippen LogP contribution in [0.25, 0.3) is 0 Å². The summed E-state index contributed by atoms with van der Waals surface area (Å²) in [6.07, 6.45) is 0.983. The molecule has 0 saturated carbocycles. The lowest BCUT2D eigenvalue weighted by Gasteiger charge is -1.95. The summed E-state index contributed by atoms with van der Waals surface area (Å²) in [5, 5.41) is 0. The first-order valence-corrected chi connectivity index (χ1v) is 3.89. The molecule has 0 aliphatic rings. The van der Waals surface area contributed by atoms with Crippen molar-refractivity contribution in [2.24, 2.45) is 0 Å². The molecule has 0 N–H and O–H groups in total. The van der Waals surface area contributed by atoms with E-state index in [0.717, 1.165) is 12.2 Å². The van der Waals surface area contributed by atoms with Gasteiger partial charge in [0.15, 0.2) is 0 Å². The first-order chi connectivity index (χ1) is 4.72. The van der Waals surface area contributed by atoms with Gasteiger partial charge in [-0.25, -0.2) is 0 Å². The van der Waals surface area contributed by atoms with Crippen LogP contribution >= 0.6 is 11.8 Å². The van der Waals surface area contributed by atoms with Crippen molar-refractivity contribution >= 4 is 17.7 Å². The van der Waals surface area contributed by atoms with Crippen LogP contribution in [0.5, 0.6) is 0 Å². The lowest BCUT2D eigenvalue weighted by molar-refractivity contribution is -0.137. The molecule has 1 unspecified atom stereocenters. The van der Waals surface area contributed by atoms with Crippen molar-refractivity contribution in [1.29, 1.82) is 0 Å². The van der Waals surface area contributed by atoms with E-state index >= 15 is 0 Å². The third-order valence-corrected chi connectivity index (χ3v) is 1.71. The lowest BCUT2D eigenvalue weighted by atomic mass is 10.6. The van der Waals surface area contributed by atoms with Crippen LogP contribution in [0, 0.1) is 0 Å². The van der Waals surface area contributed by atoms with E-state index in [-0.39, 0.29) is 0 Å². The van der Waals surface area contributed by atoms with Crippen molar-refractivity contribution in [1.82, 2.24) is 0 Å². The number of carbonyl (C=O) groups excluding carboxylic acids is 1. The molecular weight excluding hydrogens is 136 g/mol. The maximum atomic E-state index is 10.6. The van der Waals surface area contributed by atoms with Gasteiger partial charge >= 0.3 is 5.97 Å². The Kier molecular flexibility index (Phi) is 4.58. The molecule has 0 saturated heterocycles. The minimum atomic E-state index is -0.759. The Morgan fingerprint density at radius 2 is 2.56 bits per heavy atom. The molecule has 0 aromatic carbocycles. The molecule has 0 fully saturated rings. The molecule has 0 radical (unpaired) electrons. The predicted molar refractivity (Wildman–Crippen MR) is 39.6 cm³/mol. The van der Waals surface area contributed by atoms with E-state index in [2.05, 4.69) is 4.74 Å². The maximum Gasteiger partial charge on any atom is 0.315 e. The summed E-state index contributed by atoms with van der Waals surface area (Å²) in [4.78, 5) is 10.6. The van der Waals surface area contributed by atoms with Crippen LogP contribution in [0.3, 0.4) is 0 Å². The molecule has 1 atom stereocenters. The van der Waals surface area contributed by atoms with Crippen LogP contribution in [0.4, 0.5) is 0 Å². The van der Waals surface area contributed by atoms with Gasteiger partial charge in [-0.3, -0.25) is 4.79 Å². The van der Waals surface area contributed by atoms with Gasteiger partial charge < -0.3 is 4.74 Å². The monoisotopic (exact) mass is 149 g/mol. The average molecular weight is 149 g/mol. The molecule has 9 heavy (non-hydrogen) atoms. The van der Waals surface area contributed by atoms with Gasteiger partial charge in [-0.1, -0.05) is 6.92 Å². The first kappa shape index (κ1) is 6.93. The Morgan fingerprint density at radius 1 is 1.89 bits per heavy atom. The van der Waals surface area contributed by atoms with Crippen LogP contribution in [0.2, 0.25) is 0 Å². The molecular formula is C6H12O2S. The summed E-state index contributed by atoms with van der Waals surface area (Å²) < 4.78 is 11.5. The number of esters is 1. The SMILES string of the molecule is [2H]C(SCCC)C(=O)OC. The number of carbonyl (C=O) groups is 1. The molecule has 0 aliphatic carbocycles. The van der Waals surface area contributed by atoms with Gasteiger partial charge in [0.2, 0.25) is 0 Å². The van der Waals surface area contributed by atoms with Crippen molar-refractivity contribution in [2.75, 3.05) is 18.6 Å². The highest BCUT2D eigenvalue weighted by atomic mass is 32.2. The minimum absolute atomic E-state index is 0.460. The number of hydrogen-bond donors (Lipinski definition) is 0. The molecule has 0 amide bonds. The Hall–Kier alpha value is -0.180. The first-order valence-electron chi connectivity index (χ1n) is 3.41. The van der Waals surface area contributed by atoms with E-state index in [0.29, 0.717) is 0 Å². The zero-order chi connectivity index (χ0) is 7.98. The molecule has 0 aliphatic heterocycles. The standard InChI is InChI=1S/C6H12O2S/c1-3-4-9-5-6(7)8-2/h3-5H2,1-2H3/i5D. The second kappa shape index (κ2) is 5.95. The zero-order valence-corrected chi connectivity index (χ0v) is 6.53. The van der Waals surface area contributed by atoms with Gasteiger partial charge in [0, 0.05) is 0 Å². The van der Waals surface area contributed by atoms with E-state index in [1.165, 1.54) is 18.9 Å². The largest absolute Gasteiger partial charge is 0.468 e. The van der Waals surface area contributed by atoms with Crippen LogP contribution < -0.4 is 0 Å². The predicted octanol–water partition coefficient (Wildman–Crippen LogP) is 1.30. The van der Waals surface area contributed by atoms with E-state index < -0.39 is 11.7 Å². The van der Waals surface area contributed by atoms with Gasteiger partial charge in [-0.2, -0.15) is 11.8 Å². The number of thioether (sulfide) groups is 1. The molecule has 3 heteroatoms. The van der Waals surface area contributed by atoms with Gasteiger partial charge in [0.05, 0.1) is 14.2 Å². The van der Waals surface area contributed by atoms with Gasteiger partial charge in [-0.05, 0) is 12.2 Å². The Morgan fingerprint density at radius 3 is 3.00 bits per heavy atom. The van der Waals surface area contributed by atoms with Gasteiger partial charge in [0.25, 0.3) is 0 Å². The van der Waals surface area contributed by atoms with Crippen LogP contribution in [-0.4, -0.2) is 24.6 Å². The van der Waals surface area contributed by atoms with Gasteiger partial charge in [-0.15, -0.1) is 0 Å². The quantitative estimate of drug-likeness (QED) is 0.564. The summed E-state index contributed by atoms with van der Waals surface area (Å²) in [6.45, 7) is 2.01. The summed E-state index contributed by atoms with van der Waals surface area (Å²) in [7, 11) is 1.30. The fourth-order valence-electron chi connectivity index (χ4n) is 0.293. The molecule has 54 valence electrons. The molecule has 0 heterocycles. The third kappa shape index (κ3) is 5.69. The fourth-order valence-corrected chi connectivity index (χ4v) is 0.879. The summed E-state index contributed by atoms with van der Waals surface area (Å²) >= 11 is 1.30. The van der Waals surface area contributed by atoms with E-state index in [4.69, 9.17) is 1.37 Å². The average Bonchev–Trinajstić information content (AvgIpc) is 1.98. The zero-order valence-electron chi connectivity index (χ0n) is 6.72. The molecule has 0 aromatic rings. The highest BCUT2D eigenvalue weighted by Crippen LogP contribution is 2.01. The number of hydrogen-bond acceptors (Lipinski definition) is 3. The Labute approximate surface area is 61.4 Å². The molecule has 0 spiro atoms. The molecule has 0 rings (SSSR count). The van der Waals surface area contributed by atoms with E-state index in [9.17, 15) is 4.79 Å². The molecule has 2 nitrogen and oxygen atoms in total. The second-order valence-corrected chi connectivity index (χ2v) is 2.49. The summed E-state index contributed by atoms with van der Waals surface area (Å²) in [6, 6.07) is 0. The topological polar surface area (TPSA) is 26.3 Å². The van der Waals surface area contributed by atoms with Crippen molar-refractivity contribution in [3.8, 4) is 0 Å². The highest BCUT2D eigenvalue weighted by molar-refractivity contribution is 7.99. The number of methoxy groups -OCH3 is 1. The highest BCUT2D eigenvalue weighted by Gasteiger charge is 1.96. The maximum absolute atomic E-state index is 10.6.